The molecule has 0 bridgehead atoms. The van der Waals surface area contributed by atoms with E-state index in [1.807, 2.05) is 0 Å². The maximum Gasteiger partial charge on any atom is 0.573 e. The Morgan fingerprint density at radius 1 is 0.795 bits per heavy atom. The molecule has 0 radical (unpaired) electrons. The van der Waals surface area contributed by atoms with E-state index in [2.05, 4.69) is 66.6 Å². The van der Waals surface area contributed by atoms with Crippen LogP contribution >= 0.6 is 43.5 Å². The minimum absolute atomic E-state index is 0.0125. The Morgan fingerprint density at radius 3 is 1.82 bits per heavy atom. The molecule has 4 aromatic heterocycles. The smallest absolute Gasteiger partial charge is 0.406 e. The number of fused-ring (bicyclic) bond motifs is 6. The molecule has 0 unspecified atom stereocenters. The quantitative estimate of drug-likeness (QED) is 0.132. The number of benzene rings is 2. The van der Waals surface area contributed by atoms with Crippen LogP contribution in [0.5, 0.6) is 11.5 Å². The lowest BCUT2D eigenvalue weighted by Crippen LogP contribution is -2.17. The number of imidazole rings is 2. The van der Waals surface area contributed by atoms with Crippen molar-refractivity contribution in [1.82, 2.24) is 28.7 Å². The van der Waals surface area contributed by atoms with Gasteiger partial charge in [0.25, 0.3) is 0 Å². The SMILES string of the molecule is FC(F)(F)Oc1ccc2c(c1)nc(Cl)c1ncc(Br)n12.OCCCNc1nc2cc(OC(F)(F)F)ccc2n2c(Br)cnc12. The molecule has 0 aliphatic heterocycles. The average Bonchev–Trinajstić information content (AvgIpc) is 3.51. The fraction of sp³-hybridized carbons (Fsp3) is 0.200. The zero-order valence-electron chi connectivity index (χ0n) is 21.6. The van der Waals surface area contributed by atoms with Crippen molar-refractivity contribution in [3.8, 4) is 11.5 Å². The van der Waals surface area contributed by atoms with E-state index < -0.39 is 12.7 Å². The zero-order valence-corrected chi connectivity index (χ0v) is 25.5. The lowest BCUT2D eigenvalue weighted by Gasteiger charge is -2.12. The Morgan fingerprint density at radius 2 is 1.30 bits per heavy atom. The molecule has 6 aromatic rings. The summed E-state index contributed by atoms with van der Waals surface area (Å²) in [6, 6.07) is 7.76. The normalized spacial score (nSPS) is 12.1. The fourth-order valence-corrected chi connectivity index (χ4v) is 5.27. The standard InChI is InChI=1S/C14H12BrF3N4O2.C11H4BrClF3N3O/c15-11-7-20-13-12(19-4-1-5-23)21-9-6-8(24-14(16,17)18)2-3-10(9)22(11)13;12-8-4-17-10-9(13)18-6-3-5(20-11(14,15)16)1-2-7(6)19(8)10/h2-3,6-7,23H,1,4-5H2,(H,19,21);1-4H. The summed E-state index contributed by atoms with van der Waals surface area (Å²) in [6.45, 7) is 0.465. The maximum atomic E-state index is 12.4. The summed E-state index contributed by atoms with van der Waals surface area (Å²) in [5.74, 6) is -0.297. The van der Waals surface area contributed by atoms with Crippen molar-refractivity contribution < 1.29 is 40.9 Å². The van der Waals surface area contributed by atoms with E-state index in [1.54, 1.807) is 15.0 Å². The molecule has 10 nitrogen and oxygen atoms in total. The van der Waals surface area contributed by atoms with Crippen molar-refractivity contribution in [3.63, 3.8) is 0 Å². The Labute approximate surface area is 263 Å². The fourth-order valence-electron chi connectivity index (χ4n) is 4.12. The van der Waals surface area contributed by atoms with Crippen LogP contribution in [-0.4, -0.2) is 59.7 Å². The molecule has 0 saturated heterocycles. The first-order valence-electron chi connectivity index (χ1n) is 12.2. The van der Waals surface area contributed by atoms with Gasteiger partial charge in [0.1, 0.15) is 20.7 Å². The number of anilines is 1. The molecular weight excluding hydrogens is 756 g/mol. The molecule has 2 N–H and O–H groups in total. The minimum Gasteiger partial charge on any atom is -0.406 e. The largest absolute Gasteiger partial charge is 0.573 e. The summed E-state index contributed by atoms with van der Waals surface area (Å²) in [6.07, 6.45) is -5.91. The van der Waals surface area contributed by atoms with Gasteiger partial charge in [-0.05, 0) is 62.5 Å². The molecule has 0 aliphatic carbocycles. The van der Waals surface area contributed by atoms with E-state index in [0.29, 0.717) is 55.8 Å². The highest BCUT2D eigenvalue weighted by atomic mass is 79.9. The first kappa shape index (κ1) is 31.8. The van der Waals surface area contributed by atoms with E-state index in [9.17, 15) is 26.3 Å². The lowest BCUT2D eigenvalue weighted by atomic mass is 10.2. The van der Waals surface area contributed by atoms with Crippen LogP contribution in [0.3, 0.4) is 0 Å². The summed E-state index contributed by atoms with van der Waals surface area (Å²) >= 11 is 12.6. The van der Waals surface area contributed by atoms with Crippen LogP contribution < -0.4 is 14.8 Å². The van der Waals surface area contributed by atoms with Gasteiger partial charge in [-0.25, -0.2) is 19.9 Å². The van der Waals surface area contributed by atoms with E-state index in [1.165, 1.54) is 42.6 Å². The molecular formula is C25H16Br2ClF6N7O3. The number of halogens is 9. The van der Waals surface area contributed by atoms with Crippen molar-refractivity contribution in [2.75, 3.05) is 18.5 Å². The Kier molecular flexibility index (Phi) is 8.97. The van der Waals surface area contributed by atoms with Crippen LogP contribution in [0, 0.1) is 0 Å². The summed E-state index contributed by atoms with van der Waals surface area (Å²) in [5, 5.41) is 12.0. The van der Waals surface area contributed by atoms with Gasteiger partial charge < -0.3 is 19.9 Å². The predicted octanol–water partition coefficient (Wildman–Crippen LogP) is 7.53. The number of rotatable bonds is 6. The minimum atomic E-state index is -4.77. The van der Waals surface area contributed by atoms with Crippen LogP contribution in [0.15, 0.2) is 58.0 Å². The van der Waals surface area contributed by atoms with E-state index in [-0.39, 0.29) is 28.8 Å². The van der Waals surface area contributed by atoms with Crippen molar-refractivity contribution in [2.24, 2.45) is 0 Å². The van der Waals surface area contributed by atoms with Crippen LogP contribution in [0.4, 0.5) is 32.2 Å². The number of aliphatic hydroxyl groups excluding tert-OH is 1. The van der Waals surface area contributed by atoms with Crippen LogP contribution in [0.2, 0.25) is 5.15 Å². The van der Waals surface area contributed by atoms with Gasteiger partial charge in [-0.2, -0.15) is 0 Å². The van der Waals surface area contributed by atoms with Gasteiger partial charge in [0.15, 0.2) is 22.3 Å². The summed E-state index contributed by atoms with van der Waals surface area (Å²) in [7, 11) is 0. The predicted molar refractivity (Wildman–Crippen MR) is 155 cm³/mol. The third-order valence-corrected chi connectivity index (χ3v) is 7.13. The number of aromatic nitrogens is 6. The molecule has 19 heteroatoms. The van der Waals surface area contributed by atoms with Gasteiger partial charge in [-0.3, -0.25) is 8.80 Å². The van der Waals surface area contributed by atoms with Gasteiger partial charge in [0.2, 0.25) is 0 Å². The molecule has 0 saturated carbocycles. The van der Waals surface area contributed by atoms with Crippen molar-refractivity contribution >= 4 is 82.6 Å². The second-order valence-corrected chi connectivity index (χ2v) is 10.7. The van der Waals surface area contributed by atoms with Crippen molar-refractivity contribution in [2.45, 2.75) is 19.1 Å². The second-order valence-electron chi connectivity index (χ2n) is 8.74. The average molecular weight is 772 g/mol. The topological polar surface area (TPSA) is 111 Å². The van der Waals surface area contributed by atoms with Gasteiger partial charge in [-0.1, -0.05) is 11.6 Å². The van der Waals surface area contributed by atoms with Gasteiger partial charge in [-0.15, -0.1) is 26.3 Å². The molecule has 4 heterocycles. The molecule has 6 rings (SSSR count). The highest BCUT2D eigenvalue weighted by Crippen LogP contribution is 2.31. The van der Waals surface area contributed by atoms with E-state index in [4.69, 9.17) is 16.7 Å². The number of ether oxygens (including phenoxy) is 2. The molecule has 44 heavy (non-hydrogen) atoms. The Balaban J connectivity index is 0.000000177. The zero-order chi connectivity index (χ0) is 31.8. The molecule has 2 aromatic carbocycles. The molecule has 0 fully saturated rings. The third-order valence-electron chi connectivity index (χ3n) is 5.75. The Bertz CT molecular complexity index is 1980. The molecule has 0 atom stereocenters. The number of nitrogens with zero attached hydrogens (tertiary/aromatic N) is 6. The monoisotopic (exact) mass is 769 g/mol. The van der Waals surface area contributed by atoms with Crippen LogP contribution in [0.1, 0.15) is 6.42 Å². The van der Waals surface area contributed by atoms with Gasteiger partial charge in [0.05, 0.1) is 34.5 Å². The first-order valence-corrected chi connectivity index (χ1v) is 14.2. The first-order chi connectivity index (χ1) is 20.7. The number of aliphatic hydroxyl groups is 1. The van der Waals surface area contributed by atoms with Crippen LogP contribution in [0.25, 0.3) is 33.4 Å². The number of hydrogen-bond acceptors (Lipinski definition) is 8. The number of alkyl halides is 6. The van der Waals surface area contributed by atoms with Gasteiger partial charge in [0, 0.05) is 25.3 Å². The van der Waals surface area contributed by atoms with Crippen LogP contribution in [-0.2, 0) is 0 Å². The summed E-state index contributed by atoms with van der Waals surface area (Å²) in [5.41, 5.74) is 2.66. The molecule has 232 valence electrons. The highest BCUT2D eigenvalue weighted by molar-refractivity contribution is 9.10. The summed E-state index contributed by atoms with van der Waals surface area (Å²) < 4.78 is 86.2. The molecule has 0 aliphatic rings. The lowest BCUT2D eigenvalue weighted by molar-refractivity contribution is -0.275. The number of hydrogen-bond donors (Lipinski definition) is 2. The van der Waals surface area contributed by atoms with E-state index in [0.717, 1.165) is 0 Å². The van der Waals surface area contributed by atoms with Gasteiger partial charge >= 0.3 is 12.7 Å². The second kappa shape index (κ2) is 12.4. The highest BCUT2D eigenvalue weighted by Gasteiger charge is 2.32. The summed E-state index contributed by atoms with van der Waals surface area (Å²) in [4.78, 5) is 16.7. The van der Waals surface area contributed by atoms with Crippen molar-refractivity contribution in [3.05, 3.63) is 63.2 Å². The third kappa shape index (κ3) is 7.03. The van der Waals surface area contributed by atoms with Crippen molar-refractivity contribution in [1.29, 1.82) is 0 Å². The molecule has 0 spiro atoms. The maximum absolute atomic E-state index is 12.4. The Hall–Kier alpha value is -3.61. The van der Waals surface area contributed by atoms with E-state index >= 15 is 0 Å². The number of nitrogens with one attached hydrogen (secondary N) is 1. The molecule has 0 amide bonds.